The lowest BCUT2D eigenvalue weighted by Gasteiger charge is -2.36. The van der Waals surface area contributed by atoms with Gasteiger partial charge in [-0.1, -0.05) is 6.07 Å². The summed E-state index contributed by atoms with van der Waals surface area (Å²) in [6, 6.07) is 3.53. The standard InChI is InChI=1S/C17H22N4O3S2/c1-11(21-14(18-19-17(21)25)13-5-3-9-26-13)15(22)20-6-2-4-12(10-20)16-23-7-8-24-16/h3,5,9,11-12,16H,2,4,6-8,10H2,1H3,(H,19,25). The number of amides is 1. The molecule has 26 heavy (non-hydrogen) atoms. The third kappa shape index (κ3) is 3.36. The van der Waals surface area contributed by atoms with Gasteiger partial charge < -0.3 is 14.4 Å². The maximum atomic E-state index is 13.2. The van der Waals surface area contributed by atoms with E-state index >= 15 is 0 Å². The number of nitrogens with zero attached hydrogens (tertiary/aromatic N) is 3. The van der Waals surface area contributed by atoms with Crippen LogP contribution in [0.25, 0.3) is 10.7 Å². The second-order valence-corrected chi connectivity index (χ2v) is 8.01. The molecule has 0 bridgehead atoms. The van der Waals surface area contributed by atoms with Gasteiger partial charge in [-0.15, -0.1) is 11.3 Å². The lowest BCUT2D eigenvalue weighted by Crippen LogP contribution is -2.46. The molecule has 2 saturated heterocycles. The first-order valence-electron chi connectivity index (χ1n) is 8.88. The smallest absolute Gasteiger partial charge is 0.245 e. The highest BCUT2D eigenvalue weighted by Gasteiger charge is 2.35. The Bertz CT molecular complexity index is 810. The molecule has 0 radical (unpaired) electrons. The van der Waals surface area contributed by atoms with Crippen LogP contribution in [0.4, 0.5) is 0 Å². The summed E-state index contributed by atoms with van der Waals surface area (Å²) in [6.45, 7) is 4.58. The average molecular weight is 395 g/mol. The summed E-state index contributed by atoms with van der Waals surface area (Å²) < 4.78 is 13.6. The summed E-state index contributed by atoms with van der Waals surface area (Å²) in [7, 11) is 0. The predicted octanol–water partition coefficient (Wildman–Crippen LogP) is 2.84. The zero-order chi connectivity index (χ0) is 18.1. The molecule has 7 nitrogen and oxygen atoms in total. The fraction of sp³-hybridized carbons (Fsp3) is 0.588. The number of hydrogen-bond donors (Lipinski definition) is 1. The van der Waals surface area contributed by atoms with Crippen molar-refractivity contribution in [3.05, 3.63) is 22.3 Å². The van der Waals surface area contributed by atoms with E-state index in [1.54, 1.807) is 11.3 Å². The van der Waals surface area contributed by atoms with E-state index in [9.17, 15) is 4.79 Å². The Labute approximate surface area is 160 Å². The molecule has 0 spiro atoms. The van der Waals surface area contributed by atoms with Gasteiger partial charge >= 0.3 is 0 Å². The van der Waals surface area contributed by atoms with Crippen molar-refractivity contribution in [1.29, 1.82) is 0 Å². The van der Waals surface area contributed by atoms with Crippen molar-refractivity contribution >= 4 is 29.5 Å². The number of aromatic amines is 1. The largest absolute Gasteiger partial charge is 0.350 e. The van der Waals surface area contributed by atoms with Gasteiger partial charge in [-0.2, -0.15) is 5.10 Å². The van der Waals surface area contributed by atoms with Gasteiger partial charge in [0.2, 0.25) is 5.91 Å². The summed E-state index contributed by atoms with van der Waals surface area (Å²) in [5.74, 6) is 1.00. The van der Waals surface area contributed by atoms with E-state index in [1.807, 2.05) is 33.9 Å². The summed E-state index contributed by atoms with van der Waals surface area (Å²) in [4.78, 5) is 16.1. The minimum absolute atomic E-state index is 0.0583. The number of thiophene rings is 1. The van der Waals surface area contributed by atoms with E-state index in [2.05, 4.69) is 10.2 Å². The zero-order valence-electron chi connectivity index (χ0n) is 14.6. The molecule has 2 aromatic heterocycles. The Morgan fingerprint density at radius 3 is 3.00 bits per heavy atom. The number of nitrogens with one attached hydrogen (secondary N) is 1. The van der Waals surface area contributed by atoms with E-state index in [-0.39, 0.29) is 18.1 Å². The maximum absolute atomic E-state index is 13.2. The van der Waals surface area contributed by atoms with Gasteiger partial charge in [-0.3, -0.25) is 14.5 Å². The summed E-state index contributed by atoms with van der Waals surface area (Å²) >= 11 is 6.97. The molecule has 0 aromatic carbocycles. The third-order valence-electron chi connectivity index (χ3n) is 4.99. The fourth-order valence-corrected chi connectivity index (χ4v) is 4.70. The molecule has 4 heterocycles. The highest BCUT2D eigenvalue weighted by Crippen LogP contribution is 2.29. The van der Waals surface area contributed by atoms with Gasteiger partial charge in [0.15, 0.2) is 16.9 Å². The molecule has 2 aromatic rings. The summed E-state index contributed by atoms with van der Waals surface area (Å²) in [6.07, 6.45) is 1.80. The van der Waals surface area contributed by atoms with Crippen LogP contribution in [-0.2, 0) is 14.3 Å². The minimum atomic E-state index is -0.414. The molecule has 0 saturated carbocycles. The number of carbonyl (C=O) groups excluding carboxylic acids is 1. The number of ether oxygens (including phenoxy) is 2. The molecular formula is C17H22N4O3S2. The normalized spacial score (nSPS) is 22.7. The minimum Gasteiger partial charge on any atom is -0.350 e. The van der Waals surface area contributed by atoms with Gasteiger partial charge in [0.25, 0.3) is 0 Å². The van der Waals surface area contributed by atoms with Gasteiger partial charge in [0, 0.05) is 19.0 Å². The molecule has 1 amide bonds. The van der Waals surface area contributed by atoms with E-state index in [0.29, 0.717) is 30.4 Å². The molecule has 2 fully saturated rings. The topological polar surface area (TPSA) is 72.4 Å². The Balaban J connectivity index is 1.53. The van der Waals surface area contributed by atoms with Gasteiger partial charge in [0.05, 0.1) is 18.1 Å². The Hall–Kier alpha value is -1.55. The highest BCUT2D eigenvalue weighted by molar-refractivity contribution is 7.71. The second-order valence-electron chi connectivity index (χ2n) is 6.67. The molecule has 4 rings (SSSR count). The molecule has 2 atom stereocenters. The van der Waals surface area contributed by atoms with Crippen molar-refractivity contribution < 1.29 is 14.3 Å². The molecule has 0 aliphatic carbocycles. The van der Waals surface area contributed by atoms with Crippen molar-refractivity contribution in [2.45, 2.75) is 32.1 Å². The molecule has 2 aliphatic heterocycles. The van der Waals surface area contributed by atoms with Crippen LogP contribution < -0.4 is 0 Å². The number of piperidine rings is 1. The van der Waals surface area contributed by atoms with Gasteiger partial charge in [-0.05, 0) is 43.4 Å². The summed E-state index contributed by atoms with van der Waals surface area (Å²) in [5.41, 5.74) is 0. The van der Waals surface area contributed by atoms with Crippen LogP contribution in [0.15, 0.2) is 17.5 Å². The molecule has 1 N–H and O–H groups in total. The number of hydrogen-bond acceptors (Lipinski definition) is 6. The molecule has 140 valence electrons. The third-order valence-corrected chi connectivity index (χ3v) is 6.15. The van der Waals surface area contributed by atoms with Crippen molar-refractivity contribution in [3.8, 4) is 10.7 Å². The quantitative estimate of drug-likeness (QED) is 0.808. The summed E-state index contributed by atoms with van der Waals surface area (Å²) in [5, 5.41) is 9.15. The van der Waals surface area contributed by atoms with E-state index in [1.165, 1.54) is 0 Å². The second kappa shape index (κ2) is 7.59. The first kappa shape index (κ1) is 17.8. The number of carbonyl (C=O) groups is 1. The fourth-order valence-electron chi connectivity index (χ4n) is 3.70. The monoisotopic (exact) mass is 394 g/mol. The molecule has 2 unspecified atom stereocenters. The first-order valence-corrected chi connectivity index (χ1v) is 10.2. The van der Waals surface area contributed by atoms with Crippen LogP contribution in [-0.4, -0.2) is 58.2 Å². The van der Waals surface area contributed by atoms with Crippen molar-refractivity contribution in [2.75, 3.05) is 26.3 Å². The van der Waals surface area contributed by atoms with E-state index in [0.717, 1.165) is 24.3 Å². The van der Waals surface area contributed by atoms with Crippen molar-refractivity contribution in [2.24, 2.45) is 5.92 Å². The van der Waals surface area contributed by atoms with Crippen LogP contribution in [0.2, 0.25) is 0 Å². The van der Waals surface area contributed by atoms with Gasteiger partial charge in [0.1, 0.15) is 6.04 Å². The van der Waals surface area contributed by atoms with Crippen LogP contribution in [0, 0.1) is 10.7 Å². The van der Waals surface area contributed by atoms with E-state index in [4.69, 9.17) is 21.7 Å². The Kier molecular flexibility index (Phi) is 5.21. The van der Waals surface area contributed by atoms with Crippen LogP contribution in [0.1, 0.15) is 25.8 Å². The SMILES string of the molecule is CC(C(=O)N1CCCC(C2OCCO2)C1)n1c(-c2cccs2)n[nH]c1=S. The maximum Gasteiger partial charge on any atom is 0.245 e. The number of rotatable bonds is 4. The number of likely N-dealkylation sites (tertiary alicyclic amines) is 1. The average Bonchev–Trinajstić information content (AvgIpc) is 3.41. The lowest BCUT2D eigenvalue weighted by atomic mass is 9.97. The number of aromatic nitrogens is 3. The first-order chi connectivity index (χ1) is 12.6. The van der Waals surface area contributed by atoms with Gasteiger partial charge in [-0.25, -0.2) is 0 Å². The van der Waals surface area contributed by atoms with Crippen LogP contribution in [0.3, 0.4) is 0 Å². The number of H-pyrrole nitrogens is 1. The Morgan fingerprint density at radius 2 is 2.27 bits per heavy atom. The van der Waals surface area contributed by atoms with Crippen molar-refractivity contribution in [3.63, 3.8) is 0 Å². The van der Waals surface area contributed by atoms with Crippen molar-refractivity contribution in [1.82, 2.24) is 19.7 Å². The highest BCUT2D eigenvalue weighted by atomic mass is 32.1. The molecule has 2 aliphatic rings. The van der Waals surface area contributed by atoms with Crippen LogP contribution in [0.5, 0.6) is 0 Å². The lowest BCUT2D eigenvalue weighted by molar-refractivity contribution is -0.142. The Morgan fingerprint density at radius 1 is 1.46 bits per heavy atom. The molecular weight excluding hydrogens is 372 g/mol. The van der Waals surface area contributed by atoms with Crippen LogP contribution >= 0.6 is 23.6 Å². The zero-order valence-corrected chi connectivity index (χ0v) is 16.2. The predicted molar refractivity (Wildman–Crippen MR) is 100 cm³/mol. The molecule has 9 heteroatoms. The van der Waals surface area contributed by atoms with E-state index < -0.39 is 6.04 Å².